The van der Waals surface area contributed by atoms with Crippen molar-refractivity contribution in [2.75, 3.05) is 5.32 Å². The average molecular weight is 349 g/mol. The highest BCUT2D eigenvalue weighted by Crippen LogP contribution is 2.19. The first kappa shape index (κ1) is 16.1. The van der Waals surface area contributed by atoms with Crippen molar-refractivity contribution in [3.63, 3.8) is 0 Å². The monoisotopic (exact) mass is 348 g/mol. The molecular weight excluding hydrogens is 335 g/mol. The van der Waals surface area contributed by atoms with E-state index in [2.05, 4.69) is 20.5 Å². The number of rotatable bonds is 5. The Morgan fingerprint density at radius 1 is 1.38 bits per heavy atom. The number of nitrogens with one attached hydrogen (secondary N) is 1. The van der Waals surface area contributed by atoms with Crippen molar-refractivity contribution < 1.29 is 9.18 Å². The first-order valence-electron chi connectivity index (χ1n) is 7.13. The molecule has 0 unspecified atom stereocenters. The summed E-state index contributed by atoms with van der Waals surface area (Å²) in [5, 5.41) is 11.0. The van der Waals surface area contributed by atoms with Crippen LogP contribution in [-0.2, 0) is 17.9 Å². The van der Waals surface area contributed by atoms with E-state index in [9.17, 15) is 9.18 Å². The van der Waals surface area contributed by atoms with Gasteiger partial charge in [0.2, 0.25) is 11.9 Å². The van der Waals surface area contributed by atoms with Crippen molar-refractivity contribution in [1.29, 1.82) is 0 Å². The van der Waals surface area contributed by atoms with E-state index in [0.29, 0.717) is 10.6 Å². The Labute approximate surface area is 142 Å². The van der Waals surface area contributed by atoms with E-state index in [1.165, 1.54) is 23.1 Å². The third-order valence-electron chi connectivity index (χ3n) is 3.39. The van der Waals surface area contributed by atoms with Crippen molar-refractivity contribution in [2.45, 2.75) is 20.0 Å². The van der Waals surface area contributed by atoms with Gasteiger partial charge in [-0.25, -0.2) is 14.1 Å². The fourth-order valence-corrected chi connectivity index (χ4v) is 2.36. The lowest BCUT2D eigenvalue weighted by atomic mass is 10.2. The van der Waals surface area contributed by atoms with Gasteiger partial charge in [-0.15, -0.1) is 5.10 Å². The highest BCUT2D eigenvalue weighted by Gasteiger charge is 2.11. The van der Waals surface area contributed by atoms with Crippen LogP contribution in [0.2, 0.25) is 5.02 Å². The molecule has 0 fully saturated rings. The van der Waals surface area contributed by atoms with Crippen LogP contribution in [0.3, 0.4) is 0 Å². The Hall–Kier alpha value is -2.74. The summed E-state index contributed by atoms with van der Waals surface area (Å²) in [7, 11) is 0. The lowest BCUT2D eigenvalue weighted by molar-refractivity contribution is -0.117. The van der Waals surface area contributed by atoms with Gasteiger partial charge in [0.05, 0.1) is 6.54 Å². The van der Waals surface area contributed by atoms with Crippen LogP contribution in [-0.4, -0.2) is 30.5 Å². The largest absolute Gasteiger partial charge is 0.292 e. The summed E-state index contributed by atoms with van der Waals surface area (Å²) in [6, 6.07) is 6.27. The van der Waals surface area contributed by atoms with Gasteiger partial charge in [-0.2, -0.15) is 5.10 Å². The summed E-state index contributed by atoms with van der Waals surface area (Å²) < 4.78 is 16.7. The molecule has 0 aliphatic carbocycles. The molecule has 0 aliphatic rings. The van der Waals surface area contributed by atoms with Crippen LogP contribution in [0, 0.1) is 12.7 Å². The van der Waals surface area contributed by atoms with E-state index in [1.54, 1.807) is 23.0 Å². The summed E-state index contributed by atoms with van der Waals surface area (Å²) in [5.41, 5.74) is 1.19. The number of aryl methyl sites for hydroxylation is 1. The molecule has 9 heteroatoms. The zero-order chi connectivity index (χ0) is 17.1. The number of halogens is 2. The molecule has 0 spiro atoms. The molecule has 1 aromatic carbocycles. The molecule has 0 saturated carbocycles. The number of nitrogens with zero attached hydrogens (tertiary/aromatic N) is 5. The van der Waals surface area contributed by atoms with E-state index in [-0.39, 0.29) is 24.9 Å². The maximum Gasteiger partial charge on any atom is 0.248 e. The van der Waals surface area contributed by atoms with E-state index in [1.807, 2.05) is 6.92 Å². The molecule has 3 aromatic rings. The van der Waals surface area contributed by atoms with E-state index in [4.69, 9.17) is 11.6 Å². The second kappa shape index (κ2) is 6.79. The van der Waals surface area contributed by atoms with Gasteiger partial charge in [0, 0.05) is 22.5 Å². The third-order valence-corrected chi connectivity index (χ3v) is 3.75. The highest BCUT2D eigenvalue weighted by molar-refractivity contribution is 6.31. The number of hydrogen-bond donors (Lipinski definition) is 1. The second-order valence-corrected chi connectivity index (χ2v) is 5.55. The normalized spacial score (nSPS) is 10.8. The molecule has 124 valence electrons. The minimum Gasteiger partial charge on any atom is -0.292 e. The molecule has 1 amide bonds. The van der Waals surface area contributed by atoms with Crippen LogP contribution in [0.1, 0.15) is 11.3 Å². The van der Waals surface area contributed by atoms with Crippen LogP contribution in [0.25, 0.3) is 0 Å². The van der Waals surface area contributed by atoms with Crippen LogP contribution < -0.4 is 5.32 Å². The molecule has 2 aromatic heterocycles. The molecule has 0 saturated heterocycles. The number of aromatic nitrogens is 5. The zero-order valence-corrected chi connectivity index (χ0v) is 13.5. The Morgan fingerprint density at radius 3 is 2.92 bits per heavy atom. The first-order chi connectivity index (χ1) is 11.5. The highest BCUT2D eigenvalue weighted by atomic mass is 35.5. The van der Waals surface area contributed by atoms with Crippen LogP contribution in [0.15, 0.2) is 36.8 Å². The summed E-state index contributed by atoms with van der Waals surface area (Å²) in [6.45, 7) is 2.03. The second-order valence-electron chi connectivity index (χ2n) is 5.14. The van der Waals surface area contributed by atoms with Gasteiger partial charge in [-0.1, -0.05) is 17.7 Å². The van der Waals surface area contributed by atoms with Gasteiger partial charge >= 0.3 is 0 Å². The predicted octanol–water partition coefficient (Wildman–Crippen LogP) is 2.26. The molecule has 24 heavy (non-hydrogen) atoms. The number of carbonyl (C=O) groups is 1. The quantitative estimate of drug-likeness (QED) is 0.767. The van der Waals surface area contributed by atoms with Gasteiger partial charge in [-0.05, 0) is 25.1 Å². The molecule has 0 atom stereocenters. The Bertz CT molecular complexity index is 854. The number of amides is 1. The van der Waals surface area contributed by atoms with E-state index in [0.717, 1.165) is 5.69 Å². The molecular formula is C15H14ClFN6O. The molecule has 0 aliphatic heterocycles. The summed E-state index contributed by atoms with van der Waals surface area (Å²) in [4.78, 5) is 16.0. The fourth-order valence-electron chi connectivity index (χ4n) is 2.14. The summed E-state index contributed by atoms with van der Waals surface area (Å²) >= 11 is 5.98. The van der Waals surface area contributed by atoms with Gasteiger partial charge in [0.1, 0.15) is 18.7 Å². The first-order valence-corrected chi connectivity index (χ1v) is 7.51. The van der Waals surface area contributed by atoms with Gasteiger partial charge in [0.15, 0.2) is 0 Å². The van der Waals surface area contributed by atoms with Crippen LogP contribution in [0.5, 0.6) is 0 Å². The molecule has 7 nitrogen and oxygen atoms in total. The van der Waals surface area contributed by atoms with E-state index >= 15 is 0 Å². The Balaban J connectivity index is 1.65. The predicted molar refractivity (Wildman–Crippen MR) is 86.1 cm³/mol. The average Bonchev–Trinajstić information content (AvgIpc) is 3.13. The maximum absolute atomic E-state index is 13.8. The van der Waals surface area contributed by atoms with Crippen molar-refractivity contribution >= 4 is 23.5 Å². The fraction of sp³-hybridized carbons (Fsp3) is 0.200. The SMILES string of the molecule is Cc1ccnn1CC(=O)Nc1ncn(Cc2c(F)cccc2Cl)n1. The van der Waals surface area contributed by atoms with Gasteiger partial charge in [0.25, 0.3) is 0 Å². The third kappa shape index (κ3) is 3.60. The standard InChI is InChI=1S/C15H14ClFN6O/c1-10-5-6-19-23(10)8-14(24)20-15-18-9-22(21-15)7-11-12(16)3-2-4-13(11)17/h2-6,9H,7-8H2,1H3,(H,20,21,24). The minimum absolute atomic E-state index is 0.0620. The molecule has 0 radical (unpaired) electrons. The van der Waals surface area contributed by atoms with Gasteiger partial charge in [-0.3, -0.25) is 14.8 Å². The minimum atomic E-state index is -0.419. The van der Waals surface area contributed by atoms with Crippen molar-refractivity contribution in [1.82, 2.24) is 24.5 Å². The Kier molecular flexibility index (Phi) is 4.57. The number of hydrogen-bond acceptors (Lipinski definition) is 4. The lowest BCUT2D eigenvalue weighted by Crippen LogP contribution is -2.21. The smallest absolute Gasteiger partial charge is 0.248 e. The van der Waals surface area contributed by atoms with Crippen molar-refractivity contribution in [3.8, 4) is 0 Å². The maximum atomic E-state index is 13.8. The summed E-state index contributed by atoms with van der Waals surface area (Å²) in [6.07, 6.45) is 3.02. The van der Waals surface area contributed by atoms with Crippen LogP contribution >= 0.6 is 11.6 Å². The van der Waals surface area contributed by atoms with E-state index < -0.39 is 5.82 Å². The molecule has 3 rings (SSSR count). The molecule has 0 bridgehead atoms. The Morgan fingerprint density at radius 2 is 2.21 bits per heavy atom. The topological polar surface area (TPSA) is 77.6 Å². The molecule has 2 heterocycles. The lowest BCUT2D eigenvalue weighted by Gasteiger charge is -2.05. The van der Waals surface area contributed by atoms with Gasteiger partial charge < -0.3 is 0 Å². The zero-order valence-electron chi connectivity index (χ0n) is 12.8. The van der Waals surface area contributed by atoms with Crippen molar-refractivity contribution in [2.24, 2.45) is 0 Å². The van der Waals surface area contributed by atoms with Crippen molar-refractivity contribution in [3.05, 3.63) is 58.9 Å². The molecule has 1 N–H and O–H groups in total. The number of carbonyl (C=O) groups excluding carboxylic acids is 1. The summed E-state index contributed by atoms with van der Waals surface area (Å²) in [5.74, 6) is -0.585. The number of benzene rings is 1. The van der Waals surface area contributed by atoms with Crippen LogP contribution in [0.4, 0.5) is 10.3 Å². The number of anilines is 1.